The van der Waals surface area contributed by atoms with Gasteiger partial charge < -0.3 is 14.2 Å². The number of carbonyl (C=O) groups is 3. The summed E-state index contributed by atoms with van der Waals surface area (Å²) >= 11 is 0. The van der Waals surface area contributed by atoms with Gasteiger partial charge in [-0.1, -0.05) is 30.3 Å². The zero-order valence-electron chi connectivity index (χ0n) is 13.2. The van der Waals surface area contributed by atoms with Crippen LogP contribution in [0.25, 0.3) is 0 Å². The highest BCUT2D eigenvalue weighted by atomic mass is 16.6. The Balaban J connectivity index is 2.00. The van der Waals surface area contributed by atoms with Gasteiger partial charge in [-0.3, -0.25) is 14.4 Å². The van der Waals surface area contributed by atoms with Crippen LogP contribution in [-0.2, 0) is 35.2 Å². The molecule has 124 valence electrons. The number of rotatable bonds is 5. The molecule has 1 aliphatic rings. The van der Waals surface area contributed by atoms with Gasteiger partial charge in [0.1, 0.15) is 12.7 Å². The summed E-state index contributed by atoms with van der Waals surface area (Å²) < 4.78 is 15.2. The molecule has 1 aliphatic carbocycles. The Morgan fingerprint density at radius 1 is 1.04 bits per heavy atom. The lowest BCUT2D eigenvalue weighted by molar-refractivity contribution is -0.158. The first kappa shape index (κ1) is 17.0. The summed E-state index contributed by atoms with van der Waals surface area (Å²) in [6.07, 6.45) is 0.0792. The van der Waals surface area contributed by atoms with Crippen molar-refractivity contribution in [1.82, 2.24) is 0 Å². The van der Waals surface area contributed by atoms with E-state index in [1.165, 1.54) is 14.0 Å². The van der Waals surface area contributed by atoms with Gasteiger partial charge >= 0.3 is 17.9 Å². The molecule has 1 saturated carbocycles. The van der Waals surface area contributed by atoms with Crippen molar-refractivity contribution in [2.75, 3.05) is 7.11 Å². The Morgan fingerprint density at radius 3 is 2.22 bits per heavy atom. The van der Waals surface area contributed by atoms with Gasteiger partial charge in [-0.25, -0.2) is 0 Å². The van der Waals surface area contributed by atoms with Crippen LogP contribution < -0.4 is 0 Å². The summed E-state index contributed by atoms with van der Waals surface area (Å²) in [4.78, 5) is 35.3. The Labute approximate surface area is 134 Å². The van der Waals surface area contributed by atoms with E-state index in [2.05, 4.69) is 0 Å². The summed E-state index contributed by atoms with van der Waals surface area (Å²) in [5, 5.41) is 0. The number of ether oxygens (including phenoxy) is 3. The van der Waals surface area contributed by atoms with E-state index in [9.17, 15) is 14.4 Å². The van der Waals surface area contributed by atoms with Crippen molar-refractivity contribution >= 4 is 17.9 Å². The maximum absolute atomic E-state index is 12.3. The largest absolute Gasteiger partial charge is 0.469 e. The number of carbonyl (C=O) groups excluding carboxylic acids is 3. The number of benzene rings is 1. The van der Waals surface area contributed by atoms with E-state index in [-0.39, 0.29) is 19.4 Å². The molecule has 3 atom stereocenters. The predicted molar refractivity (Wildman–Crippen MR) is 80.0 cm³/mol. The Hall–Kier alpha value is -2.37. The fourth-order valence-corrected chi connectivity index (χ4v) is 2.83. The Kier molecular flexibility index (Phi) is 5.73. The van der Waals surface area contributed by atoms with Crippen molar-refractivity contribution < 1.29 is 28.6 Å². The van der Waals surface area contributed by atoms with Gasteiger partial charge in [0, 0.05) is 6.92 Å². The smallest absolute Gasteiger partial charge is 0.310 e. The van der Waals surface area contributed by atoms with E-state index < -0.39 is 35.8 Å². The molecular formula is C17H20O6. The number of hydrogen-bond donors (Lipinski definition) is 0. The molecule has 0 unspecified atom stereocenters. The number of esters is 3. The lowest BCUT2D eigenvalue weighted by Gasteiger charge is -2.15. The molecule has 0 bridgehead atoms. The molecular weight excluding hydrogens is 300 g/mol. The second-order valence-corrected chi connectivity index (χ2v) is 5.53. The van der Waals surface area contributed by atoms with Crippen LogP contribution in [0.3, 0.4) is 0 Å². The average Bonchev–Trinajstić information content (AvgIpc) is 2.96. The normalized spacial score (nSPS) is 23.1. The van der Waals surface area contributed by atoms with Gasteiger partial charge in [-0.2, -0.15) is 0 Å². The van der Waals surface area contributed by atoms with Crippen LogP contribution in [-0.4, -0.2) is 31.1 Å². The maximum atomic E-state index is 12.3. The van der Waals surface area contributed by atoms with Crippen molar-refractivity contribution in [3.05, 3.63) is 35.9 Å². The molecule has 23 heavy (non-hydrogen) atoms. The van der Waals surface area contributed by atoms with Crippen molar-refractivity contribution in [1.29, 1.82) is 0 Å². The first-order valence-electron chi connectivity index (χ1n) is 7.47. The summed E-state index contributed by atoms with van der Waals surface area (Å²) in [6, 6.07) is 9.28. The zero-order chi connectivity index (χ0) is 16.8. The third-order valence-corrected chi connectivity index (χ3v) is 3.88. The third kappa shape index (κ3) is 4.55. The van der Waals surface area contributed by atoms with Crippen LogP contribution in [0.1, 0.15) is 25.3 Å². The van der Waals surface area contributed by atoms with Crippen LogP contribution in [0.4, 0.5) is 0 Å². The second kappa shape index (κ2) is 7.76. The van der Waals surface area contributed by atoms with Crippen LogP contribution in [0.15, 0.2) is 30.3 Å². The predicted octanol–water partition coefficient (Wildman–Crippen LogP) is 1.86. The van der Waals surface area contributed by atoms with Gasteiger partial charge in [0.25, 0.3) is 0 Å². The molecule has 0 saturated heterocycles. The van der Waals surface area contributed by atoms with E-state index in [0.717, 1.165) is 5.56 Å². The fraction of sp³-hybridized carbons (Fsp3) is 0.471. The molecule has 6 nitrogen and oxygen atoms in total. The van der Waals surface area contributed by atoms with E-state index in [4.69, 9.17) is 14.2 Å². The highest BCUT2D eigenvalue weighted by Gasteiger charge is 2.45. The lowest BCUT2D eigenvalue weighted by Crippen LogP contribution is -2.27. The minimum Gasteiger partial charge on any atom is -0.469 e. The molecule has 0 aliphatic heterocycles. The van der Waals surface area contributed by atoms with Crippen LogP contribution >= 0.6 is 0 Å². The molecule has 6 heteroatoms. The first-order chi connectivity index (χ1) is 11.0. The molecule has 0 N–H and O–H groups in total. The van der Waals surface area contributed by atoms with Crippen molar-refractivity contribution in [2.45, 2.75) is 32.5 Å². The van der Waals surface area contributed by atoms with Crippen molar-refractivity contribution in [3.63, 3.8) is 0 Å². The molecule has 0 aromatic heterocycles. The fourth-order valence-electron chi connectivity index (χ4n) is 2.83. The quantitative estimate of drug-likeness (QED) is 0.608. The zero-order valence-corrected chi connectivity index (χ0v) is 13.2. The molecule has 1 aromatic carbocycles. The molecule has 2 rings (SSSR count). The van der Waals surface area contributed by atoms with Gasteiger partial charge in [0.15, 0.2) is 0 Å². The summed E-state index contributed by atoms with van der Waals surface area (Å²) in [6.45, 7) is 1.44. The molecule has 0 radical (unpaired) electrons. The van der Waals surface area contributed by atoms with E-state index in [1.807, 2.05) is 30.3 Å². The van der Waals surface area contributed by atoms with Crippen LogP contribution in [0, 0.1) is 11.8 Å². The molecule has 0 heterocycles. The number of hydrogen-bond acceptors (Lipinski definition) is 6. The van der Waals surface area contributed by atoms with Gasteiger partial charge in [0.2, 0.25) is 0 Å². The van der Waals surface area contributed by atoms with Crippen LogP contribution in [0.2, 0.25) is 0 Å². The summed E-state index contributed by atoms with van der Waals surface area (Å²) in [7, 11) is 1.27. The SMILES string of the molecule is COC(=O)[C@H]1C[C@H](OC(C)=O)C[C@H]1C(=O)OCc1ccccc1. The standard InChI is InChI=1S/C17H20O6/c1-11(18)23-13-8-14(16(19)21-2)15(9-13)17(20)22-10-12-6-4-3-5-7-12/h3-7,13-15H,8-10H2,1-2H3/t13-,14-,15+/m0/s1. The summed E-state index contributed by atoms with van der Waals surface area (Å²) in [5.41, 5.74) is 0.866. The average molecular weight is 320 g/mol. The topological polar surface area (TPSA) is 78.9 Å². The van der Waals surface area contributed by atoms with Crippen molar-refractivity contribution in [3.8, 4) is 0 Å². The molecule has 0 amide bonds. The Morgan fingerprint density at radius 2 is 1.65 bits per heavy atom. The van der Waals surface area contributed by atoms with Crippen LogP contribution in [0.5, 0.6) is 0 Å². The first-order valence-corrected chi connectivity index (χ1v) is 7.47. The second-order valence-electron chi connectivity index (χ2n) is 5.53. The lowest BCUT2D eigenvalue weighted by atomic mass is 9.96. The van der Waals surface area contributed by atoms with E-state index in [1.54, 1.807) is 0 Å². The Bertz CT molecular complexity index is 568. The number of methoxy groups -OCH3 is 1. The minimum atomic E-state index is -0.657. The highest BCUT2D eigenvalue weighted by Crippen LogP contribution is 2.36. The monoisotopic (exact) mass is 320 g/mol. The van der Waals surface area contributed by atoms with Crippen molar-refractivity contribution in [2.24, 2.45) is 11.8 Å². The highest BCUT2D eigenvalue weighted by molar-refractivity contribution is 5.83. The minimum absolute atomic E-state index is 0.141. The maximum Gasteiger partial charge on any atom is 0.310 e. The third-order valence-electron chi connectivity index (χ3n) is 3.88. The van der Waals surface area contributed by atoms with Gasteiger partial charge in [-0.05, 0) is 18.4 Å². The van der Waals surface area contributed by atoms with E-state index in [0.29, 0.717) is 0 Å². The van der Waals surface area contributed by atoms with Gasteiger partial charge in [-0.15, -0.1) is 0 Å². The molecule has 1 fully saturated rings. The molecule has 1 aromatic rings. The molecule has 0 spiro atoms. The summed E-state index contributed by atoms with van der Waals surface area (Å²) in [5.74, 6) is -2.69. The van der Waals surface area contributed by atoms with E-state index >= 15 is 0 Å². The van der Waals surface area contributed by atoms with Gasteiger partial charge in [0.05, 0.1) is 18.9 Å².